The molecule has 0 unspecified atom stereocenters. The van der Waals surface area contributed by atoms with Gasteiger partial charge in [-0.1, -0.05) is 19.8 Å². The summed E-state index contributed by atoms with van der Waals surface area (Å²) in [7, 11) is 0. The number of hydrogen-bond donors (Lipinski definition) is 0. The lowest BCUT2D eigenvalue weighted by Gasteiger charge is -2.29. The Labute approximate surface area is 180 Å². The van der Waals surface area contributed by atoms with Crippen molar-refractivity contribution in [3.8, 4) is 11.1 Å². The second-order valence-electron chi connectivity index (χ2n) is 10.2. The van der Waals surface area contributed by atoms with Gasteiger partial charge < -0.3 is 0 Å². The first kappa shape index (κ1) is 22.1. The van der Waals surface area contributed by atoms with E-state index >= 15 is 0 Å². The maximum Gasteiger partial charge on any atom is -0.0114 e. The average Bonchev–Trinajstić information content (AvgIpc) is 2.70. The summed E-state index contributed by atoms with van der Waals surface area (Å²) in [6.07, 6.45) is 6.93. The third-order valence-corrected chi connectivity index (χ3v) is 8.66. The molecule has 1 fully saturated rings. The van der Waals surface area contributed by atoms with E-state index < -0.39 is 0 Å². The first-order valence-electron chi connectivity index (χ1n) is 11.7. The number of benzene rings is 2. The molecule has 29 heavy (non-hydrogen) atoms. The summed E-state index contributed by atoms with van der Waals surface area (Å²) in [6, 6.07) is 0. The standard InChI is InChI=1S/C29H42/c1-16-11-13-26(14-12-16)15-27-20(5)24(9)29(25(10)21(27)6)28-22(7)18(3)17(2)19(4)23(28)8/h16,26H,11-15H2,1-10H3. The van der Waals surface area contributed by atoms with Crippen LogP contribution in [-0.4, -0.2) is 0 Å². The van der Waals surface area contributed by atoms with Crippen LogP contribution in [0.2, 0.25) is 0 Å². The highest BCUT2D eigenvalue weighted by atomic mass is 14.3. The van der Waals surface area contributed by atoms with E-state index in [2.05, 4.69) is 69.2 Å². The monoisotopic (exact) mass is 390 g/mol. The lowest BCUT2D eigenvalue weighted by molar-refractivity contribution is 0.288. The van der Waals surface area contributed by atoms with E-state index in [0.29, 0.717) is 0 Å². The fourth-order valence-corrected chi connectivity index (χ4v) is 5.77. The summed E-state index contributed by atoms with van der Waals surface area (Å²) in [5.74, 6) is 1.80. The minimum absolute atomic E-state index is 0.876. The molecule has 3 rings (SSSR count). The molecule has 0 heterocycles. The van der Waals surface area contributed by atoms with Gasteiger partial charge in [0.05, 0.1) is 0 Å². The molecule has 1 aliphatic carbocycles. The maximum absolute atomic E-state index is 2.42. The van der Waals surface area contributed by atoms with E-state index in [1.165, 1.54) is 93.3 Å². The first-order valence-corrected chi connectivity index (χ1v) is 11.7. The SMILES string of the molecule is Cc1c(C)c(C)c(-c2c(C)c(C)c(CC3CCC(C)CC3)c(C)c2C)c(C)c1C. The van der Waals surface area contributed by atoms with Crippen molar-refractivity contribution < 1.29 is 0 Å². The minimum atomic E-state index is 0.876. The van der Waals surface area contributed by atoms with Crippen molar-refractivity contribution in [2.75, 3.05) is 0 Å². The molecule has 2 aromatic rings. The fraction of sp³-hybridized carbons (Fsp3) is 0.586. The normalized spacial score (nSPS) is 19.7. The van der Waals surface area contributed by atoms with Crippen molar-refractivity contribution in [3.63, 3.8) is 0 Å². The van der Waals surface area contributed by atoms with Gasteiger partial charge >= 0.3 is 0 Å². The Balaban J connectivity index is 2.15. The Morgan fingerprint density at radius 3 is 1.24 bits per heavy atom. The Morgan fingerprint density at radius 2 is 0.828 bits per heavy atom. The van der Waals surface area contributed by atoms with Crippen molar-refractivity contribution in [1.82, 2.24) is 0 Å². The minimum Gasteiger partial charge on any atom is -0.0625 e. The molecule has 0 heteroatoms. The van der Waals surface area contributed by atoms with Gasteiger partial charge in [0, 0.05) is 0 Å². The smallest absolute Gasteiger partial charge is 0.0114 e. The average molecular weight is 391 g/mol. The lowest BCUT2D eigenvalue weighted by atomic mass is 9.76. The Hall–Kier alpha value is -1.56. The molecule has 0 atom stereocenters. The second kappa shape index (κ2) is 8.29. The zero-order chi connectivity index (χ0) is 21.6. The van der Waals surface area contributed by atoms with Crippen LogP contribution >= 0.6 is 0 Å². The van der Waals surface area contributed by atoms with E-state index in [9.17, 15) is 0 Å². The predicted molar refractivity (Wildman–Crippen MR) is 129 cm³/mol. The van der Waals surface area contributed by atoms with Crippen LogP contribution in [0.1, 0.15) is 88.2 Å². The van der Waals surface area contributed by atoms with Crippen LogP contribution in [0.15, 0.2) is 0 Å². The summed E-state index contributed by atoms with van der Waals surface area (Å²) in [4.78, 5) is 0. The van der Waals surface area contributed by atoms with Crippen LogP contribution in [0.5, 0.6) is 0 Å². The summed E-state index contributed by atoms with van der Waals surface area (Å²) in [5, 5.41) is 0. The molecule has 158 valence electrons. The van der Waals surface area contributed by atoms with E-state index in [-0.39, 0.29) is 0 Å². The molecule has 0 saturated heterocycles. The van der Waals surface area contributed by atoms with Gasteiger partial charge in [0.2, 0.25) is 0 Å². The van der Waals surface area contributed by atoms with Gasteiger partial charge in [-0.2, -0.15) is 0 Å². The first-order chi connectivity index (χ1) is 13.6. The lowest BCUT2D eigenvalue weighted by Crippen LogP contribution is -2.16. The molecule has 0 bridgehead atoms. The van der Waals surface area contributed by atoms with Crippen LogP contribution in [0.25, 0.3) is 11.1 Å². The van der Waals surface area contributed by atoms with E-state index in [1.807, 2.05) is 0 Å². The highest BCUT2D eigenvalue weighted by Gasteiger charge is 2.24. The van der Waals surface area contributed by atoms with Crippen LogP contribution < -0.4 is 0 Å². The van der Waals surface area contributed by atoms with Gasteiger partial charge in [-0.15, -0.1) is 0 Å². The Kier molecular flexibility index (Phi) is 6.32. The highest BCUT2D eigenvalue weighted by Crippen LogP contribution is 2.42. The zero-order valence-corrected chi connectivity index (χ0v) is 20.7. The van der Waals surface area contributed by atoms with Crippen molar-refractivity contribution in [3.05, 3.63) is 55.6 Å². The molecular formula is C29H42. The zero-order valence-electron chi connectivity index (χ0n) is 20.7. The molecule has 0 amide bonds. The molecule has 0 radical (unpaired) electrons. The summed E-state index contributed by atoms with van der Waals surface area (Å²) in [6.45, 7) is 23.4. The number of rotatable bonds is 3. The molecule has 1 aliphatic rings. The van der Waals surface area contributed by atoms with Gasteiger partial charge in [-0.05, 0) is 160 Å². The Morgan fingerprint density at radius 1 is 0.483 bits per heavy atom. The van der Waals surface area contributed by atoms with Crippen molar-refractivity contribution >= 4 is 0 Å². The van der Waals surface area contributed by atoms with Crippen molar-refractivity contribution in [1.29, 1.82) is 0 Å². The van der Waals surface area contributed by atoms with Gasteiger partial charge in [0.1, 0.15) is 0 Å². The summed E-state index contributed by atoms with van der Waals surface area (Å²) < 4.78 is 0. The largest absolute Gasteiger partial charge is 0.0625 e. The topological polar surface area (TPSA) is 0 Å². The highest BCUT2D eigenvalue weighted by molar-refractivity contribution is 5.81. The third kappa shape index (κ3) is 3.80. The molecule has 0 aromatic heterocycles. The molecule has 1 saturated carbocycles. The van der Waals surface area contributed by atoms with Gasteiger partial charge in [-0.25, -0.2) is 0 Å². The van der Waals surface area contributed by atoms with Gasteiger partial charge in [0.25, 0.3) is 0 Å². The number of hydrogen-bond acceptors (Lipinski definition) is 0. The van der Waals surface area contributed by atoms with E-state index in [0.717, 1.165) is 11.8 Å². The van der Waals surface area contributed by atoms with E-state index in [1.54, 1.807) is 5.56 Å². The maximum atomic E-state index is 2.42. The fourth-order valence-electron chi connectivity index (χ4n) is 5.77. The van der Waals surface area contributed by atoms with E-state index in [4.69, 9.17) is 0 Å². The second-order valence-corrected chi connectivity index (χ2v) is 10.2. The Bertz CT molecular complexity index is 875. The van der Waals surface area contributed by atoms with Crippen LogP contribution in [0.4, 0.5) is 0 Å². The van der Waals surface area contributed by atoms with Gasteiger partial charge in [-0.3, -0.25) is 0 Å². The molecular weight excluding hydrogens is 348 g/mol. The van der Waals surface area contributed by atoms with Gasteiger partial charge in [0.15, 0.2) is 0 Å². The third-order valence-electron chi connectivity index (χ3n) is 8.66. The predicted octanol–water partition coefficient (Wildman–Crippen LogP) is 8.50. The molecule has 0 aliphatic heterocycles. The summed E-state index contributed by atoms with van der Waals surface area (Å²) in [5.41, 5.74) is 18.0. The van der Waals surface area contributed by atoms with Crippen LogP contribution in [-0.2, 0) is 6.42 Å². The summed E-state index contributed by atoms with van der Waals surface area (Å²) >= 11 is 0. The quantitative estimate of drug-likeness (QED) is 0.493. The molecule has 0 nitrogen and oxygen atoms in total. The molecule has 2 aromatic carbocycles. The van der Waals surface area contributed by atoms with Crippen LogP contribution in [0.3, 0.4) is 0 Å². The van der Waals surface area contributed by atoms with Crippen molar-refractivity contribution in [2.45, 2.75) is 101 Å². The molecule has 0 spiro atoms. The van der Waals surface area contributed by atoms with Crippen molar-refractivity contribution in [2.24, 2.45) is 11.8 Å². The van der Waals surface area contributed by atoms with Crippen LogP contribution in [0, 0.1) is 74.1 Å². The molecule has 0 N–H and O–H groups in total.